The summed E-state index contributed by atoms with van der Waals surface area (Å²) in [4.78, 5) is 21.7. The molecule has 0 aliphatic rings. The van der Waals surface area contributed by atoms with Gasteiger partial charge in [0.15, 0.2) is 17.4 Å². The molecular weight excluding hydrogens is 577 g/mol. The highest BCUT2D eigenvalue weighted by Gasteiger charge is 2.22. The molecule has 3 aromatic heterocycles. The van der Waals surface area contributed by atoms with Gasteiger partial charge in [-0.1, -0.05) is 18.2 Å². The number of benzene rings is 3. The van der Waals surface area contributed by atoms with Crippen LogP contribution in [0.25, 0.3) is 27.0 Å². The zero-order chi connectivity index (χ0) is 30.1. The number of rotatable bonds is 10. The van der Waals surface area contributed by atoms with Crippen molar-refractivity contribution in [3.63, 3.8) is 0 Å². The van der Waals surface area contributed by atoms with Crippen LogP contribution in [0.1, 0.15) is 21.6 Å². The maximum atomic E-state index is 14.1. The van der Waals surface area contributed by atoms with Crippen molar-refractivity contribution < 1.29 is 27.4 Å². The van der Waals surface area contributed by atoms with E-state index in [1.807, 2.05) is 24.4 Å². The number of aromatic amines is 1. The van der Waals surface area contributed by atoms with Gasteiger partial charge in [0.2, 0.25) is 5.78 Å². The highest BCUT2D eigenvalue weighted by molar-refractivity contribution is 7.13. The lowest BCUT2D eigenvalue weighted by Crippen LogP contribution is -2.07. The van der Waals surface area contributed by atoms with E-state index in [9.17, 15) is 18.0 Å². The van der Waals surface area contributed by atoms with Gasteiger partial charge in [-0.15, -0.1) is 11.3 Å². The van der Waals surface area contributed by atoms with Gasteiger partial charge in [-0.3, -0.25) is 4.79 Å². The van der Waals surface area contributed by atoms with Crippen LogP contribution in [0.5, 0.6) is 17.2 Å². The molecule has 7 nitrogen and oxygen atoms in total. The topological polar surface area (TPSA) is 81.5 Å². The summed E-state index contributed by atoms with van der Waals surface area (Å²) < 4.78 is 52.6. The Morgan fingerprint density at radius 3 is 2.63 bits per heavy atom. The number of aryl methyl sites for hydroxylation is 1. The number of H-pyrrole nitrogens is 1. The summed E-state index contributed by atoms with van der Waals surface area (Å²) in [5, 5.41) is 6.89. The number of para-hydroxylation sites is 1. The molecule has 216 valence electrons. The second-order valence-electron chi connectivity index (χ2n) is 9.56. The molecule has 0 bridgehead atoms. The third-order valence-electron chi connectivity index (χ3n) is 6.71. The number of aliphatic imine (C=N–C) groups is 1. The van der Waals surface area contributed by atoms with Crippen LogP contribution in [-0.2, 0) is 0 Å². The van der Waals surface area contributed by atoms with Crippen LogP contribution < -0.4 is 9.47 Å². The summed E-state index contributed by atoms with van der Waals surface area (Å²) >= 11 is 1.45. The first-order valence-electron chi connectivity index (χ1n) is 13.1. The van der Waals surface area contributed by atoms with Crippen LogP contribution in [0, 0.1) is 12.7 Å². The van der Waals surface area contributed by atoms with Crippen molar-refractivity contribution in [2.75, 3.05) is 6.61 Å². The Balaban J connectivity index is 1.32. The summed E-state index contributed by atoms with van der Waals surface area (Å²) in [5.41, 5.74) is 3.05. The van der Waals surface area contributed by atoms with E-state index >= 15 is 0 Å². The number of carbonyl (C=O) groups is 1. The maximum absolute atomic E-state index is 14.1. The fraction of sp³-hybridized carbons (Fsp3) is 0.0938. The monoisotopic (exact) mass is 600 g/mol. The van der Waals surface area contributed by atoms with E-state index in [1.165, 1.54) is 34.3 Å². The van der Waals surface area contributed by atoms with E-state index in [0.29, 0.717) is 39.2 Å². The first-order valence-corrected chi connectivity index (χ1v) is 13.9. The lowest BCUT2D eigenvalue weighted by Gasteiger charge is -2.12. The lowest BCUT2D eigenvalue weighted by molar-refractivity contribution is 0.0822. The number of nitrogens with zero attached hydrogens (tertiary/aromatic N) is 3. The van der Waals surface area contributed by atoms with Crippen LogP contribution in [0.3, 0.4) is 0 Å². The van der Waals surface area contributed by atoms with Gasteiger partial charge in [-0.05, 0) is 79.2 Å². The predicted molar refractivity (Wildman–Crippen MR) is 161 cm³/mol. The van der Waals surface area contributed by atoms with E-state index in [0.717, 1.165) is 4.88 Å². The number of carbonyl (C=O) groups excluding carboxylic acids is 1. The Hall–Kier alpha value is -5.16. The molecule has 6 rings (SSSR count). The van der Waals surface area contributed by atoms with E-state index in [2.05, 4.69) is 21.8 Å². The van der Waals surface area contributed by atoms with E-state index in [-0.39, 0.29) is 28.6 Å². The number of ether oxygens (including phenoxy) is 2. The van der Waals surface area contributed by atoms with Crippen molar-refractivity contribution in [2.45, 2.75) is 13.3 Å². The Labute approximate surface area is 247 Å². The molecule has 6 aromatic rings. The highest BCUT2D eigenvalue weighted by atomic mass is 32.1. The molecule has 3 aromatic carbocycles. The largest absolute Gasteiger partial charge is 0.487 e. The average Bonchev–Trinajstić information content (AvgIpc) is 3.77. The normalized spacial score (nSPS) is 11.3. The van der Waals surface area contributed by atoms with Gasteiger partial charge < -0.3 is 14.5 Å². The molecule has 0 aliphatic heterocycles. The molecule has 0 spiro atoms. The highest BCUT2D eigenvalue weighted by Crippen LogP contribution is 2.38. The average molecular weight is 601 g/mol. The molecular formula is C32H23F3N4O3S. The number of hydrogen-bond acceptors (Lipinski definition) is 6. The van der Waals surface area contributed by atoms with Crippen LogP contribution in [-0.4, -0.2) is 40.3 Å². The standard InChI is InChI=1S/C32H23F3N4O3S/c1-18-12-20(9-10-26(18)42-27-7-4-3-6-23(27)33)39-32(36-2)22(16-37-39)31(40)25-13-19-14-28(41-17-30(34)35)21(15-24(19)38-25)29-8-5-11-43-29/h3-16,30,38H,2,17H2,1H3. The molecule has 0 aliphatic carbocycles. The molecule has 0 amide bonds. The number of thiophene rings is 1. The Bertz CT molecular complexity index is 1960. The molecule has 1 N–H and O–H groups in total. The number of fused-ring (bicyclic) bond motifs is 1. The van der Waals surface area contributed by atoms with Gasteiger partial charge in [-0.25, -0.2) is 22.8 Å². The summed E-state index contributed by atoms with van der Waals surface area (Å²) in [6.07, 6.45) is -1.22. The maximum Gasteiger partial charge on any atom is 0.272 e. The third kappa shape index (κ3) is 5.54. The molecule has 0 atom stereocenters. The minimum absolute atomic E-state index is 0.104. The van der Waals surface area contributed by atoms with Gasteiger partial charge in [0, 0.05) is 21.3 Å². The first-order chi connectivity index (χ1) is 20.8. The summed E-state index contributed by atoms with van der Waals surface area (Å²) in [6.45, 7) is 4.71. The molecule has 3 heterocycles. The van der Waals surface area contributed by atoms with E-state index in [1.54, 1.807) is 48.5 Å². The molecule has 11 heteroatoms. The SMILES string of the molecule is C=Nc1c(C(=O)c2cc3cc(OCC(F)F)c(-c4cccs4)cc3[nH]2)cnn1-c1ccc(Oc2ccccc2F)c(C)c1. The lowest BCUT2D eigenvalue weighted by atomic mass is 10.1. The number of hydrogen-bond donors (Lipinski definition) is 1. The smallest absolute Gasteiger partial charge is 0.272 e. The predicted octanol–water partition coefficient (Wildman–Crippen LogP) is 8.53. The minimum atomic E-state index is -2.63. The van der Waals surface area contributed by atoms with Gasteiger partial charge in [0.05, 0.1) is 23.1 Å². The van der Waals surface area contributed by atoms with Crippen molar-refractivity contribution in [1.82, 2.24) is 14.8 Å². The van der Waals surface area contributed by atoms with Crippen LogP contribution in [0.2, 0.25) is 0 Å². The number of nitrogens with one attached hydrogen (secondary N) is 1. The number of alkyl halides is 2. The Morgan fingerprint density at radius 1 is 1.07 bits per heavy atom. The number of aromatic nitrogens is 3. The van der Waals surface area contributed by atoms with E-state index in [4.69, 9.17) is 9.47 Å². The fourth-order valence-corrected chi connectivity index (χ4v) is 5.44. The van der Waals surface area contributed by atoms with Crippen LogP contribution in [0.15, 0.2) is 89.4 Å². The molecule has 0 fully saturated rings. The van der Waals surface area contributed by atoms with Gasteiger partial charge >= 0.3 is 0 Å². The zero-order valence-corrected chi connectivity index (χ0v) is 23.5. The summed E-state index contributed by atoms with van der Waals surface area (Å²) in [5.74, 6) is 0.234. The van der Waals surface area contributed by atoms with Crippen molar-refractivity contribution in [2.24, 2.45) is 4.99 Å². The zero-order valence-electron chi connectivity index (χ0n) is 22.7. The summed E-state index contributed by atoms with van der Waals surface area (Å²) in [7, 11) is 0. The second-order valence-corrected chi connectivity index (χ2v) is 10.5. The Kier molecular flexibility index (Phi) is 7.56. The quantitative estimate of drug-likeness (QED) is 0.126. The van der Waals surface area contributed by atoms with E-state index < -0.39 is 18.8 Å². The van der Waals surface area contributed by atoms with Gasteiger partial charge in [0.1, 0.15) is 18.1 Å². The number of halogens is 3. The first kappa shape index (κ1) is 28.0. The van der Waals surface area contributed by atoms with Gasteiger partial charge in [0.25, 0.3) is 6.43 Å². The van der Waals surface area contributed by atoms with Crippen molar-refractivity contribution in [3.8, 4) is 33.4 Å². The number of ketones is 1. The fourth-order valence-electron chi connectivity index (χ4n) is 4.69. The summed E-state index contributed by atoms with van der Waals surface area (Å²) in [6, 6.07) is 20.1. The molecule has 0 saturated carbocycles. The Morgan fingerprint density at radius 2 is 1.91 bits per heavy atom. The third-order valence-corrected chi connectivity index (χ3v) is 7.62. The second kappa shape index (κ2) is 11.6. The van der Waals surface area contributed by atoms with Crippen molar-refractivity contribution in [3.05, 3.63) is 107 Å². The minimum Gasteiger partial charge on any atom is -0.487 e. The molecule has 43 heavy (non-hydrogen) atoms. The molecule has 0 radical (unpaired) electrons. The van der Waals surface area contributed by atoms with Crippen LogP contribution >= 0.6 is 11.3 Å². The van der Waals surface area contributed by atoms with Crippen LogP contribution in [0.4, 0.5) is 19.0 Å². The molecule has 0 saturated heterocycles. The molecule has 0 unspecified atom stereocenters. The van der Waals surface area contributed by atoms with Crippen molar-refractivity contribution >= 4 is 40.6 Å². The van der Waals surface area contributed by atoms with Gasteiger partial charge in [-0.2, -0.15) is 5.10 Å². The van der Waals surface area contributed by atoms with Crippen molar-refractivity contribution in [1.29, 1.82) is 0 Å².